The lowest BCUT2D eigenvalue weighted by molar-refractivity contribution is 1.18. The van der Waals surface area contributed by atoms with Crippen LogP contribution in [0, 0.1) is 0 Å². The maximum absolute atomic E-state index is 6.21. The van der Waals surface area contributed by atoms with Crippen LogP contribution in [0.15, 0.2) is 54.6 Å². The molecule has 0 unspecified atom stereocenters. The van der Waals surface area contributed by atoms with Gasteiger partial charge in [-0.3, -0.25) is 0 Å². The summed E-state index contributed by atoms with van der Waals surface area (Å²) in [5.74, 6) is 0.475. The third kappa shape index (κ3) is 3.18. The monoisotopic (exact) mass is 334 g/mol. The maximum Gasteiger partial charge on any atom is 0.162 e. The van der Waals surface area contributed by atoms with Crippen LogP contribution in [0.2, 0.25) is 15.2 Å². The van der Waals surface area contributed by atoms with Crippen molar-refractivity contribution in [2.24, 2.45) is 0 Å². The molecular formula is C16H9Cl3N2. The molecular weight excluding hydrogens is 327 g/mol. The van der Waals surface area contributed by atoms with Gasteiger partial charge in [0, 0.05) is 22.2 Å². The van der Waals surface area contributed by atoms with E-state index in [9.17, 15) is 0 Å². The first kappa shape index (κ1) is 14.3. The number of aromatic nitrogens is 2. The SMILES string of the molecule is Clc1ccc(-c2nc(Cl)cc(-c3ccccc3)n2)c(Cl)c1. The summed E-state index contributed by atoms with van der Waals surface area (Å²) >= 11 is 18.2. The van der Waals surface area contributed by atoms with E-state index in [1.165, 1.54) is 0 Å². The first-order chi connectivity index (χ1) is 10.1. The fraction of sp³-hybridized carbons (Fsp3) is 0. The smallest absolute Gasteiger partial charge is 0.162 e. The van der Waals surface area contributed by atoms with E-state index in [4.69, 9.17) is 34.8 Å². The molecule has 0 amide bonds. The number of benzene rings is 2. The molecule has 0 radical (unpaired) electrons. The average molecular weight is 336 g/mol. The molecule has 0 saturated carbocycles. The molecule has 2 aromatic carbocycles. The molecule has 21 heavy (non-hydrogen) atoms. The van der Waals surface area contributed by atoms with Crippen molar-refractivity contribution in [2.45, 2.75) is 0 Å². The Labute approximate surface area is 137 Å². The number of hydrogen-bond acceptors (Lipinski definition) is 2. The Morgan fingerprint density at radius 2 is 1.52 bits per heavy atom. The van der Waals surface area contributed by atoms with Crippen molar-refractivity contribution in [3.05, 3.63) is 69.8 Å². The zero-order chi connectivity index (χ0) is 14.8. The van der Waals surface area contributed by atoms with Crippen molar-refractivity contribution in [1.29, 1.82) is 0 Å². The quantitative estimate of drug-likeness (QED) is 0.555. The highest BCUT2D eigenvalue weighted by Gasteiger charge is 2.11. The van der Waals surface area contributed by atoms with Crippen LogP contribution in [0.25, 0.3) is 22.6 Å². The molecule has 0 spiro atoms. The van der Waals surface area contributed by atoms with E-state index < -0.39 is 0 Å². The number of rotatable bonds is 2. The topological polar surface area (TPSA) is 25.8 Å². The second kappa shape index (κ2) is 6.02. The van der Waals surface area contributed by atoms with Gasteiger partial charge in [0.25, 0.3) is 0 Å². The van der Waals surface area contributed by atoms with Crippen LogP contribution in [-0.2, 0) is 0 Å². The van der Waals surface area contributed by atoms with Crippen molar-refractivity contribution < 1.29 is 0 Å². The van der Waals surface area contributed by atoms with Crippen LogP contribution in [-0.4, -0.2) is 9.97 Å². The molecule has 3 aromatic rings. The van der Waals surface area contributed by atoms with Crippen molar-refractivity contribution in [2.75, 3.05) is 0 Å². The maximum atomic E-state index is 6.21. The molecule has 5 heteroatoms. The van der Waals surface area contributed by atoms with Crippen molar-refractivity contribution in [1.82, 2.24) is 9.97 Å². The zero-order valence-electron chi connectivity index (χ0n) is 10.7. The van der Waals surface area contributed by atoms with Gasteiger partial charge in [0.1, 0.15) is 5.15 Å². The summed E-state index contributed by atoms with van der Waals surface area (Å²) in [6, 6.07) is 16.7. The van der Waals surface area contributed by atoms with Crippen molar-refractivity contribution in [3.63, 3.8) is 0 Å². The zero-order valence-corrected chi connectivity index (χ0v) is 13.0. The Kier molecular flexibility index (Phi) is 4.11. The molecule has 0 atom stereocenters. The summed E-state index contributed by atoms with van der Waals surface area (Å²) in [5.41, 5.74) is 2.41. The Balaban J connectivity index is 2.14. The van der Waals surface area contributed by atoms with Crippen LogP contribution in [0.5, 0.6) is 0 Å². The van der Waals surface area contributed by atoms with Gasteiger partial charge in [-0.1, -0.05) is 65.1 Å². The van der Waals surface area contributed by atoms with Gasteiger partial charge in [-0.05, 0) is 18.2 Å². The minimum atomic E-state index is 0.366. The average Bonchev–Trinajstić information content (AvgIpc) is 2.47. The van der Waals surface area contributed by atoms with E-state index in [1.807, 2.05) is 30.3 Å². The molecule has 0 N–H and O–H groups in total. The molecule has 0 aliphatic heterocycles. The molecule has 0 aliphatic carbocycles. The van der Waals surface area contributed by atoms with E-state index in [0.29, 0.717) is 26.6 Å². The van der Waals surface area contributed by atoms with Gasteiger partial charge in [0.15, 0.2) is 5.82 Å². The molecule has 1 aromatic heterocycles. The highest BCUT2D eigenvalue weighted by molar-refractivity contribution is 6.36. The van der Waals surface area contributed by atoms with Gasteiger partial charge >= 0.3 is 0 Å². The number of halogens is 3. The van der Waals surface area contributed by atoms with Crippen LogP contribution in [0.1, 0.15) is 0 Å². The molecule has 0 saturated heterocycles. The predicted molar refractivity (Wildman–Crippen MR) is 87.9 cm³/mol. The predicted octanol–water partition coefficient (Wildman–Crippen LogP) is 5.77. The third-order valence-corrected chi connectivity index (χ3v) is 3.68. The van der Waals surface area contributed by atoms with Crippen molar-refractivity contribution >= 4 is 34.8 Å². The molecule has 104 valence electrons. The van der Waals surface area contributed by atoms with Gasteiger partial charge in [-0.25, -0.2) is 9.97 Å². The van der Waals surface area contributed by atoms with E-state index in [0.717, 1.165) is 11.3 Å². The van der Waals surface area contributed by atoms with Crippen LogP contribution in [0.3, 0.4) is 0 Å². The van der Waals surface area contributed by atoms with Crippen molar-refractivity contribution in [3.8, 4) is 22.6 Å². The third-order valence-electron chi connectivity index (χ3n) is 2.94. The summed E-state index contributed by atoms with van der Waals surface area (Å²) in [7, 11) is 0. The lowest BCUT2D eigenvalue weighted by Gasteiger charge is -2.07. The normalized spacial score (nSPS) is 10.6. The highest BCUT2D eigenvalue weighted by Crippen LogP contribution is 2.30. The van der Waals surface area contributed by atoms with E-state index >= 15 is 0 Å². The Morgan fingerprint density at radius 1 is 0.762 bits per heavy atom. The Hall–Kier alpha value is -1.61. The Morgan fingerprint density at radius 3 is 2.24 bits per heavy atom. The summed E-state index contributed by atoms with van der Waals surface area (Å²) < 4.78 is 0. The summed E-state index contributed by atoms with van der Waals surface area (Å²) in [6.45, 7) is 0. The van der Waals surface area contributed by atoms with Crippen LogP contribution >= 0.6 is 34.8 Å². The van der Waals surface area contributed by atoms with E-state index in [-0.39, 0.29) is 0 Å². The highest BCUT2D eigenvalue weighted by atomic mass is 35.5. The number of hydrogen-bond donors (Lipinski definition) is 0. The molecule has 2 nitrogen and oxygen atoms in total. The van der Waals surface area contributed by atoms with Gasteiger partial charge in [0.2, 0.25) is 0 Å². The molecule has 3 rings (SSSR count). The molecule has 0 bridgehead atoms. The second-order valence-electron chi connectivity index (χ2n) is 4.39. The first-order valence-electron chi connectivity index (χ1n) is 6.19. The standard InChI is InChI=1S/C16H9Cl3N2/c17-11-6-7-12(13(18)8-11)16-20-14(9-15(19)21-16)10-4-2-1-3-5-10/h1-9H. The molecule has 0 aliphatic rings. The van der Waals surface area contributed by atoms with E-state index in [2.05, 4.69) is 9.97 Å². The summed E-state index contributed by atoms with van der Waals surface area (Å²) in [6.07, 6.45) is 0. The van der Waals surface area contributed by atoms with Crippen LogP contribution < -0.4 is 0 Å². The number of nitrogens with zero attached hydrogens (tertiary/aromatic N) is 2. The second-order valence-corrected chi connectivity index (χ2v) is 5.62. The van der Waals surface area contributed by atoms with Gasteiger partial charge in [-0.15, -0.1) is 0 Å². The largest absolute Gasteiger partial charge is 0.228 e. The lowest BCUT2D eigenvalue weighted by Crippen LogP contribution is -1.93. The molecule has 0 fully saturated rings. The molecule has 1 heterocycles. The Bertz CT molecular complexity index is 789. The van der Waals surface area contributed by atoms with E-state index in [1.54, 1.807) is 24.3 Å². The lowest BCUT2D eigenvalue weighted by atomic mass is 10.1. The van der Waals surface area contributed by atoms with Gasteiger partial charge in [0.05, 0.1) is 10.7 Å². The summed E-state index contributed by atoms with van der Waals surface area (Å²) in [4.78, 5) is 8.79. The summed E-state index contributed by atoms with van der Waals surface area (Å²) in [5, 5.41) is 1.42. The minimum Gasteiger partial charge on any atom is -0.228 e. The first-order valence-corrected chi connectivity index (χ1v) is 7.32. The fourth-order valence-electron chi connectivity index (χ4n) is 1.97. The minimum absolute atomic E-state index is 0.366. The van der Waals surface area contributed by atoms with Crippen LogP contribution in [0.4, 0.5) is 0 Å². The van der Waals surface area contributed by atoms with Gasteiger partial charge in [-0.2, -0.15) is 0 Å². The fourth-order valence-corrected chi connectivity index (χ4v) is 2.64. The van der Waals surface area contributed by atoms with Gasteiger partial charge < -0.3 is 0 Å².